The van der Waals surface area contributed by atoms with E-state index >= 15 is 0 Å². The topological polar surface area (TPSA) is 24.1 Å². The van der Waals surface area contributed by atoms with Gasteiger partial charge in [-0.05, 0) is 80.7 Å². The van der Waals surface area contributed by atoms with Gasteiger partial charge < -0.3 is 10.6 Å². The maximum Gasteiger partial charge on any atom is 0.0135 e. The minimum Gasteiger partial charge on any atom is -0.313 e. The average molecular weight is 369 g/mol. The van der Waals surface area contributed by atoms with E-state index in [4.69, 9.17) is 0 Å². The van der Waals surface area contributed by atoms with Crippen molar-refractivity contribution in [1.29, 1.82) is 0 Å². The van der Waals surface area contributed by atoms with Crippen LogP contribution >= 0.6 is 0 Å². The summed E-state index contributed by atoms with van der Waals surface area (Å²) in [5, 5.41) is 7.94. The molecule has 1 heterocycles. The smallest absolute Gasteiger partial charge is 0.0135 e. The van der Waals surface area contributed by atoms with Crippen LogP contribution in [0.4, 0.5) is 0 Å². The Kier molecular flexibility index (Phi) is 5.74. The van der Waals surface area contributed by atoms with E-state index in [0.29, 0.717) is 0 Å². The number of allylic oxidation sites excluding steroid dienone is 2. The molecular formula is C25H40N2. The van der Waals surface area contributed by atoms with Gasteiger partial charge in [-0.3, -0.25) is 0 Å². The highest BCUT2D eigenvalue weighted by Gasteiger charge is 2.43. The summed E-state index contributed by atoms with van der Waals surface area (Å²) in [5.41, 5.74) is 0. The van der Waals surface area contributed by atoms with Gasteiger partial charge >= 0.3 is 0 Å². The van der Waals surface area contributed by atoms with Gasteiger partial charge in [0, 0.05) is 12.1 Å². The molecule has 150 valence electrons. The van der Waals surface area contributed by atoms with Crippen molar-refractivity contribution >= 4 is 0 Å². The van der Waals surface area contributed by atoms with E-state index < -0.39 is 0 Å². The third kappa shape index (κ3) is 3.81. The van der Waals surface area contributed by atoms with Crippen LogP contribution in [0.3, 0.4) is 0 Å². The second-order valence-corrected chi connectivity index (χ2v) is 10.3. The summed E-state index contributed by atoms with van der Waals surface area (Å²) in [6, 6.07) is 1.46. The van der Waals surface area contributed by atoms with Crippen molar-refractivity contribution < 1.29 is 0 Å². The van der Waals surface area contributed by atoms with Crippen molar-refractivity contribution in [2.75, 3.05) is 13.1 Å². The molecule has 1 aliphatic heterocycles. The first kappa shape index (κ1) is 18.4. The minimum absolute atomic E-state index is 0.728. The molecule has 2 N–H and O–H groups in total. The molecule has 0 radical (unpaired) electrons. The Bertz CT molecular complexity index is 505. The third-order valence-electron chi connectivity index (χ3n) is 8.91. The SMILES string of the molecule is C1=C/[C@@H]2[C@@H]3CCCC[C@H]3C[C@H]2NCCCN[C@@H]2C[C@@H]3CCCC[C@H]3[C@H]2/C=C/1. The predicted octanol–water partition coefficient (Wildman–Crippen LogP) is 5.07. The van der Waals surface area contributed by atoms with Crippen molar-refractivity contribution in [3.05, 3.63) is 24.3 Å². The minimum atomic E-state index is 0.728. The van der Waals surface area contributed by atoms with E-state index in [1.807, 2.05) is 0 Å². The fraction of sp³-hybridized carbons (Fsp3) is 0.840. The van der Waals surface area contributed by atoms with Crippen molar-refractivity contribution in [3.8, 4) is 0 Å². The lowest BCUT2D eigenvalue weighted by Gasteiger charge is -2.28. The lowest BCUT2D eigenvalue weighted by Crippen LogP contribution is -2.37. The first-order valence-corrected chi connectivity index (χ1v) is 12.2. The Hall–Kier alpha value is -0.600. The number of hydrogen-bond donors (Lipinski definition) is 2. The third-order valence-corrected chi connectivity index (χ3v) is 8.91. The molecule has 0 aromatic rings. The highest BCUT2D eigenvalue weighted by molar-refractivity contribution is 5.15. The maximum absolute atomic E-state index is 3.97. The molecule has 8 atom stereocenters. The summed E-state index contributed by atoms with van der Waals surface area (Å²) >= 11 is 0. The Morgan fingerprint density at radius 2 is 1.04 bits per heavy atom. The van der Waals surface area contributed by atoms with Crippen LogP contribution in [0.2, 0.25) is 0 Å². The molecule has 27 heavy (non-hydrogen) atoms. The molecule has 4 saturated carbocycles. The molecule has 0 unspecified atom stereocenters. The Balaban J connectivity index is 1.33. The summed E-state index contributed by atoms with van der Waals surface area (Å²) in [5.74, 6) is 5.43. The van der Waals surface area contributed by atoms with Crippen LogP contribution in [-0.2, 0) is 0 Å². The second kappa shape index (κ2) is 8.41. The fourth-order valence-corrected chi connectivity index (χ4v) is 7.68. The van der Waals surface area contributed by atoms with Crippen LogP contribution in [-0.4, -0.2) is 25.2 Å². The largest absolute Gasteiger partial charge is 0.313 e. The summed E-state index contributed by atoms with van der Waals surface area (Å²) < 4.78 is 0. The van der Waals surface area contributed by atoms with Crippen LogP contribution < -0.4 is 10.6 Å². The van der Waals surface area contributed by atoms with Gasteiger partial charge in [-0.25, -0.2) is 0 Å². The molecule has 0 saturated heterocycles. The first-order valence-electron chi connectivity index (χ1n) is 12.2. The van der Waals surface area contributed by atoms with Gasteiger partial charge in [0.2, 0.25) is 0 Å². The Morgan fingerprint density at radius 1 is 0.556 bits per heavy atom. The average Bonchev–Trinajstić information content (AvgIpc) is 3.22. The van der Waals surface area contributed by atoms with Gasteiger partial charge in [-0.2, -0.15) is 0 Å². The molecular weight excluding hydrogens is 328 g/mol. The van der Waals surface area contributed by atoms with E-state index in [0.717, 1.165) is 47.6 Å². The predicted molar refractivity (Wildman–Crippen MR) is 114 cm³/mol. The quantitative estimate of drug-likeness (QED) is 0.624. The molecule has 5 rings (SSSR count). The van der Waals surface area contributed by atoms with Crippen LogP contribution in [0.25, 0.3) is 0 Å². The number of nitrogens with one attached hydrogen (secondary N) is 2. The Morgan fingerprint density at radius 3 is 1.56 bits per heavy atom. The van der Waals surface area contributed by atoms with Gasteiger partial charge in [0.05, 0.1) is 0 Å². The molecule has 2 heteroatoms. The zero-order valence-corrected chi connectivity index (χ0v) is 17.1. The highest BCUT2D eigenvalue weighted by atomic mass is 15.0. The van der Waals surface area contributed by atoms with Crippen molar-refractivity contribution in [2.45, 2.75) is 82.7 Å². The van der Waals surface area contributed by atoms with Gasteiger partial charge in [-0.15, -0.1) is 0 Å². The summed E-state index contributed by atoms with van der Waals surface area (Å²) in [4.78, 5) is 0. The van der Waals surface area contributed by atoms with E-state index in [9.17, 15) is 0 Å². The van der Waals surface area contributed by atoms with E-state index in [1.165, 1.54) is 83.7 Å². The fourth-order valence-electron chi connectivity index (χ4n) is 7.68. The maximum atomic E-state index is 3.97. The molecule has 5 aliphatic rings. The number of fused-ring (bicyclic) bond motifs is 6. The molecule has 4 fully saturated rings. The van der Waals surface area contributed by atoms with E-state index in [2.05, 4.69) is 34.9 Å². The van der Waals surface area contributed by atoms with Crippen LogP contribution in [0.5, 0.6) is 0 Å². The lowest BCUT2D eigenvalue weighted by molar-refractivity contribution is 0.247. The van der Waals surface area contributed by atoms with Gasteiger partial charge in [-0.1, -0.05) is 62.8 Å². The zero-order valence-electron chi connectivity index (χ0n) is 17.1. The van der Waals surface area contributed by atoms with Gasteiger partial charge in [0.1, 0.15) is 0 Å². The summed E-state index contributed by atoms with van der Waals surface area (Å²) in [7, 11) is 0. The highest BCUT2D eigenvalue weighted by Crippen LogP contribution is 2.48. The Labute approximate surface area is 166 Å². The summed E-state index contributed by atoms with van der Waals surface area (Å²) in [6.07, 6.45) is 26.0. The van der Waals surface area contributed by atoms with E-state index in [-0.39, 0.29) is 0 Å². The molecule has 0 spiro atoms. The summed E-state index contributed by atoms with van der Waals surface area (Å²) in [6.45, 7) is 2.39. The van der Waals surface area contributed by atoms with Crippen molar-refractivity contribution in [1.82, 2.24) is 10.6 Å². The molecule has 4 aliphatic carbocycles. The van der Waals surface area contributed by atoms with Crippen LogP contribution in [0.1, 0.15) is 70.6 Å². The first-order chi connectivity index (χ1) is 13.4. The molecule has 0 aromatic carbocycles. The number of rotatable bonds is 0. The van der Waals surface area contributed by atoms with Gasteiger partial charge in [0.25, 0.3) is 0 Å². The lowest BCUT2D eigenvalue weighted by atomic mass is 9.77. The molecule has 0 aromatic heterocycles. The standard InChI is InChI=1S/C25H40N2/c1-3-10-20-18(8-1)16-24-22(20)12-5-6-13-23-21-11-4-2-9-19(21)17-25(23)27-15-7-14-26-24/h5-6,12-13,18-27H,1-4,7-11,14-17H2/b12-5+,13-6+/t18-,19-,20+,21+,22+,23+,24+,25+/m0/s1. The van der Waals surface area contributed by atoms with Crippen molar-refractivity contribution in [2.24, 2.45) is 35.5 Å². The zero-order chi connectivity index (χ0) is 18.1. The van der Waals surface area contributed by atoms with Crippen LogP contribution in [0.15, 0.2) is 24.3 Å². The number of hydrogen-bond acceptors (Lipinski definition) is 2. The van der Waals surface area contributed by atoms with Crippen molar-refractivity contribution in [3.63, 3.8) is 0 Å². The molecule has 0 bridgehead atoms. The van der Waals surface area contributed by atoms with E-state index in [1.54, 1.807) is 0 Å². The molecule has 0 amide bonds. The van der Waals surface area contributed by atoms with Crippen LogP contribution in [0, 0.1) is 35.5 Å². The molecule has 2 nitrogen and oxygen atoms in total. The normalized spacial score (nSPS) is 50.1. The monoisotopic (exact) mass is 368 g/mol. The second-order valence-electron chi connectivity index (χ2n) is 10.3. The van der Waals surface area contributed by atoms with Gasteiger partial charge in [0.15, 0.2) is 0 Å².